The lowest BCUT2D eigenvalue weighted by Gasteiger charge is -2.10. The van der Waals surface area contributed by atoms with E-state index < -0.39 is 5.97 Å². The summed E-state index contributed by atoms with van der Waals surface area (Å²) in [4.78, 5) is 25.0. The van der Waals surface area contributed by atoms with Crippen molar-refractivity contribution in [2.24, 2.45) is 5.92 Å². The fourth-order valence-corrected chi connectivity index (χ4v) is 4.47. The molecule has 1 amide bonds. The molecule has 30 heavy (non-hydrogen) atoms. The lowest BCUT2D eigenvalue weighted by atomic mass is 10.0. The Labute approximate surface area is 183 Å². The lowest BCUT2D eigenvalue weighted by Crippen LogP contribution is -2.17. The number of nitrogens with one attached hydrogen (secondary N) is 1. The molecule has 2 heterocycles. The van der Waals surface area contributed by atoms with Crippen molar-refractivity contribution < 1.29 is 14.3 Å². The molecular formula is C20H23N5O3S2. The Morgan fingerprint density at radius 2 is 2.03 bits per heavy atom. The fraction of sp³-hybridized carbons (Fsp3) is 0.350. The number of para-hydroxylation sites is 1. The van der Waals surface area contributed by atoms with Gasteiger partial charge in [0.05, 0.1) is 23.6 Å². The van der Waals surface area contributed by atoms with Gasteiger partial charge in [0.2, 0.25) is 11.1 Å². The number of anilines is 1. The van der Waals surface area contributed by atoms with Gasteiger partial charge in [-0.15, -0.1) is 16.4 Å². The Hall–Kier alpha value is -2.72. The highest BCUT2D eigenvalue weighted by atomic mass is 32.2. The van der Waals surface area contributed by atoms with Crippen molar-refractivity contribution >= 4 is 40.0 Å². The molecule has 0 bridgehead atoms. The first-order valence-electron chi connectivity index (χ1n) is 9.53. The molecule has 0 unspecified atom stereocenters. The van der Waals surface area contributed by atoms with Crippen LogP contribution in [0.5, 0.6) is 0 Å². The molecule has 3 aromatic rings. The molecule has 0 saturated heterocycles. The van der Waals surface area contributed by atoms with Crippen molar-refractivity contribution in [2.75, 3.05) is 17.7 Å². The minimum atomic E-state index is -0.412. The second-order valence-corrected chi connectivity index (χ2v) is 8.65. The van der Waals surface area contributed by atoms with Crippen LogP contribution in [0.4, 0.5) is 5.00 Å². The molecule has 0 atom stereocenters. The van der Waals surface area contributed by atoms with Crippen molar-refractivity contribution in [3.63, 3.8) is 0 Å². The molecule has 1 N–H and O–H groups in total. The Morgan fingerprint density at radius 1 is 1.27 bits per heavy atom. The van der Waals surface area contributed by atoms with Crippen LogP contribution in [-0.2, 0) is 16.0 Å². The smallest absolute Gasteiger partial charge is 0.341 e. The van der Waals surface area contributed by atoms with Crippen molar-refractivity contribution in [1.82, 2.24) is 20.2 Å². The monoisotopic (exact) mass is 445 g/mol. The van der Waals surface area contributed by atoms with Gasteiger partial charge in [-0.1, -0.05) is 43.8 Å². The Balaban J connectivity index is 1.69. The van der Waals surface area contributed by atoms with Crippen LogP contribution in [0.25, 0.3) is 5.69 Å². The van der Waals surface area contributed by atoms with Crippen LogP contribution in [-0.4, -0.2) is 44.4 Å². The number of tetrazole rings is 1. The molecule has 1 aromatic carbocycles. The van der Waals surface area contributed by atoms with Gasteiger partial charge < -0.3 is 10.1 Å². The number of rotatable bonds is 9. The summed E-state index contributed by atoms with van der Waals surface area (Å²) >= 11 is 2.56. The molecule has 0 saturated carbocycles. The molecule has 0 radical (unpaired) electrons. The van der Waals surface area contributed by atoms with Gasteiger partial charge >= 0.3 is 5.97 Å². The average molecular weight is 446 g/mol. The number of thioether (sulfide) groups is 1. The van der Waals surface area contributed by atoms with Gasteiger partial charge in [0, 0.05) is 0 Å². The summed E-state index contributed by atoms with van der Waals surface area (Å²) in [6, 6.07) is 9.45. The predicted octanol–water partition coefficient (Wildman–Crippen LogP) is 3.83. The highest BCUT2D eigenvalue weighted by molar-refractivity contribution is 7.99. The third-order valence-corrected chi connectivity index (χ3v) is 5.87. The number of carbonyl (C=O) groups is 2. The zero-order valence-corrected chi connectivity index (χ0v) is 18.6. The van der Waals surface area contributed by atoms with E-state index in [9.17, 15) is 9.59 Å². The number of amides is 1. The standard InChI is InChI=1S/C20H23N5O3S2/c1-4-28-19(27)17-14(10-13(2)3)11-29-18(17)21-16(26)12-30-20-22-23-24-25(20)15-8-6-5-7-9-15/h5-9,11,13H,4,10,12H2,1-3H3,(H,21,26). The van der Waals surface area contributed by atoms with Gasteiger partial charge in [-0.2, -0.15) is 4.68 Å². The van der Waals surface area contributed by atoms with Crippen LogP contribution in [0.15, 0.2) is 40.9 Å². The normalized spacial score (nSPS) is 10.9. The van der Waals surface area contributed by atoms with Gasteiger partial charge in [-0.05, 0) is 52.8 Å². The number of ether oxygens (including phenoxy) is 1. The Kier molecular flexibility index (Phi) is 7.58. The van der Waals surface area contributed by atoms with Crippen LogP contribution in [0, 0.1) is 5.92 Å². The molecule has 0 fully saturated rings. The van der Waals surface area contributed by atoms with Crippen molar-refractivity contribution in [3.8, 4) is 5.69 Å². The molecule has 0 spiro atoms. The molecule has 2 aromatic heterocycles. The minimum Gasteiger partial charge on any atom is -0.462 e. The highest BCUT2D eigenvalue weighted by Crippen LogP contribution is 2.31. The zero-order valence-electron chi connectivity index (χ0n) is 17.0. The van der Waals surface area contributed by atoms with Crippen molar-refractivity contribution in [1.29, 1.82) is 0 Å². The van der Waals surface area contributed by atoms with Crippen LogP contribution in [0.2, 0.25) is 0 Å². The first-order valence-corrected chi connectivity index (χ1v) is 11.4. The predicted molar refractivity (Wildman–Crippen MR) is 117 cm³/mol. The molecule has 10 heteroatoms. The Bertz CT molecular complexity index is 1000. The van der Waals surface area contributed by atoms with E-state index in [1.54, 1.807) is 11.6 Å². The van der Waals surface area contributed by atoms with Crippen molar-refractivity contribution in [3.05, 3.63) is 46.8 Å². The van der Waals surface area contributed by atoms with Crippen molar-refractivity contribution in [2.45, 2.75) is 32.3 Å². The maximum atomic E-state index is 12.6. The van der Waals surface area contributed by atoms with Crippen LogP contribution < -0.4 is 5.32 Å². The third-order valence-electron chi connectivity index (χ3n) is 4.00. The van der Waals surface area contributed by atoms with Gasteiger partial charge in [0.1, 0.15) is 5.00 Å². The van der Waals surface area contributed by atoms with E-state index in [-0.39, 0.29) is 18.3 Å². The van der Waals surface area contributed by atoms with Crippen LogP contribution >= 0.6 is 23.1 Å². The number of aromatic nitrogens is 4. The van der Waals surface area contributed by atoms with Gasteiger partial charge in [0.15, 0.2) is 0 Å². The summed E-state index contributed by atoms with van der Waals surface area (Å²) in [5.41, 5.74) is 2.15. The number of esters is 1. The van der Waals surface area contributed by atoms with E-state index >= 15 is 0 Å². The maximum absolute atomic E-state index is 12.6. The van der Waals surface area contributed by atoms with E-state index in [0.29, 0.717) is 21.6 Å². The summed E-state index contributed by atoms with van der Waals surface area (Å²) in [7, 11) is 0. The van der Waals surface area contributed by atoms with Gasteiger partial charge in [0.25, 0.3) is 0 Å². The number of carbonyl (C=O) groups excluding carboxylic acids is 2. The first-order chi connectivity index (χ1) is 14.5. The van der Waals surface area contributed by atoms with Crippen LogP contribution in [0.3, 0.4) is 0 Å². The van der Waals surface area contributed by atoms with Crippen LogP contribution in [0.1, 0.15) is 36.7 Å². The molecule has 0 aliphatic heterocycles. The highest BCUT2D eigenvalue weighted by Gasteiger charge is 2.22. The molecule has 158 valence electrons. The second kappa shape index (κ2) is 10.4. The van der Waals surface area contributed by atoms with E-state index in [0.717, 1.165) is 17.7 Å². The lowest BCUT2D eigenvalue weighted by molar-refractivity contribution is -0.113. The SMILES string of the molecule is CCOC(=O)c1c(CC(C)C)csc1NC(=O)CSc1nnnn1-c1ccccc1. The van der Waals surface area contributed by atoms with Gasteiger partial charge in [-0.3, -0.25) is 4.79 Å². The number of thiophene rings is 1. The Morgan fingerprint density at radius 3 is 2.73 bits per heavy atom. The number of nitrogens with zero attached hydrogens (tertiary/aromatic N) is 4. The zero-order chi connectivity index (χ0) is 21.5. The number of hydrogen-bond donors (Lipinski definition) is 1. The molecular weight excluding hydrogens is 422 g/mol. The summed E-state index contributed by atoms with van der Waals surface area (Å²) in [6.07, 6.45) is 0.737. The molecule has 3 rings (SSSR count). The van der Waals surface area contributed by atoms with E-state index in [4.69, 9.17) is 4.74 Å². The third kappa shape index (κ3) is 5.45. The minimum absolute atomic E-state index is 0.104. The summed E-state index contributed by atoms with van der Waals surface area (Å²) < 4.78 is 6.77. The summed E-state index contributed by atoms with van der Waals surface area (Å²) in [6.45, 7) is 6.20. The first kappa shape index (κ1) is 22.0. The topological polar surface area (TPSA) is 99.0 Å². The number of hydrogen-bond acceptors (Lipinski definition) is 8. The maximum Gasteiger partial charge on any atom is 0.341 e. The van der Waals surface area contributed by atoms with E-state index in [1.807, 2.05) is 35.7 Å². The van der Waals surface area contributed by atoms with E-state index in [2.05, 4.69) is 34.7 Å². The summed E-state index contributed by atoms with van der Waals surface area (Å²) in [5, 5.41) is 17.4. The average Bonchev–Trinajstić information content (AvgIpc) is 3.34. The fourth-order valence-electron chi connectivity index (χ4n) is 2.80. The molecule has 8 nitrogen and oxygen atoms in total. The molecule has 0 aliphatic rings. The quantitative estimate of drug-likeness (QED) is 0.395. The number of benzene rings is 1. The van der Waals surface area contributed by atoms with E-state index in [1.165, 1.54) is 23.1 Å². The second-order valence-electron chi connectivity index (χ2n) is 6.83. The van der Waals surface area contributed by atoms with Gasteiger partial charge in [-0.25, -0.2) is 4.79 Å². The largest absolute Gasteiger partial charge is 0.462 e. The summed E-state index contributed by atoms with van der Waals surface area (Å²) in [5.74, 6) is -0.174. The molecule has 0 aliphatic carbocycles.